The van der Waals surface area contributed by atoms with Crippen molar-refractivity contribution in [3.63, 3.8) is 0 Å². The average Bonchev–Trinajstić information content (AvgIpc) is 3.40. The van der Waals surface area contributed by atoms with Gasteiger partial charge in [0.15, 0.2) is 0 Å². The quantitative estimate of drug-likeness (QED) is 0.765. The highest BCUT2D eigenvalue weighted by atomic mass is 35.5. The number of fused-ring (bicyclic) bond motifs is 1. The lowest BCUT2D eigenvalue weighted by Crippen LogP contribution is -2.40. The van der Waals surface area contributed by atoms with Crippen LogP contribution in [-0.4, -0.2) is 6.09 Å². The second kappa shape index (κ2) is 5.58. The Morgan fingerprint density at radius 1 is 1.21 bits per heavy atom. The van der Waals surface area contributed by atoms with Crippen molar-refractivity contribution >= 4 is 23.4 Å². The molecule has 1 aliphatic heterocycles. The summed E-state index contributed by atoms with van der Waals surface area (Å²) in [7, 11) is 0. The predicted molar refractivity (Wildman–Crippen MR) is 94.8 cm³/mol. The molecule has 1 aliphatic carbocycles. The highest BCUT2D eigenvalue weighted by molar-refractivity contribution is 6.30. The van der Waals surface area contributed by atoms with Crippen LogP contribution in [0.1, 0.15) is 25.3 Å². The second-order valence-corrected chi connectivity index (χ2v) is 6.61. The molecule has 0 saturated heterocycles. The van der Waals surface area contributed by atoms with Crippen LogP contribution in [0.3, 0.4) is 0 Å². The molecule has 24 heavy (non-hydrogen) atoms. The Kier molecular flexibility index (Phi) is 3.51. The Balaban J connectivity index is 1.90. The third-order valence-corrected chi connectivity index (χ3v) is 4.77. The molecular weight excluding hydrogens is 322 g/mol. The first kappa shape index (κ1) is 15.1. The topological polar surface area (TPSA) is 38.3 Å². The number of carbonyl (C=O) groups is 1. The third-order valence-electron chi connectivity index (χ3n) is 4.53. The van der Waals surface area contributed by atoms with E-state index in [1.54, 1.807) is 6.92 Å². The van der Waals surface area contributed by atoms with Crippen LogP contribution in [0.15, 0.2) is 42.5 Å². The van der Waals surface area contributed by atoms with Crippen molar-refractivity contribution in [3.8, 4) is 23.0 Å². The van der Waals surface area contributed by atoms with E-state index >= 15 is 0 Å². The minimum Gasteiger partial charge on any atom is -0.425 e. The van der Waals surface area contributed by atoms with Gasteiger partial charge < -0.3 is 4.74 Å². The highest BCUT2D eigenvalue weighted by Gasteiger charge is 2.52. The summed E-state index contributed by atoms with van der Waals surface area (Å²) in [6.07, 6.45) is 1.60. The van der Waals surface area contributed by atoms with Gasteiger partial charge in [-0.25, -0.2) is 4.79 Å². The molecule has 1 amide bonds. The van der Waals surface area contributed by atoms with E-state index in [1.807, 2.05) is 36.4 Å². The van der Waals surface area contributed by atoms with Gasteiger partial charge in [-0.05, 0) is 55.2 Å². The van der Waals surface area contributed by atoms with E-state index in [1.165, 1.54) is 0 Å². The molecule has 3 nitrogen and oxygen atoms in total. The van der Waals surface area contributed by atoms with E-state index < -0.39 is 11.7 Å². The molecule has 4 rings (SSSR count). The van der Waals surface area contributed by atoms with Gasteiger partial charge in [-0.1, -0.05) is 35.7 Å². The van der Waals surface area contributed by atoms with Crippen molar-refractivity contribution in [2.24, 2.45) is 5.92 Å². The fraction of sp³-hybridized carbons (Fsp3) is 0.250. The largest absolute Gasteiger partial charge is 0.425 e. The van der Waals surface area contributed by atoms with Gasteiger partial charge in [0.25, 0.3) is 0 Å². The predicted octanol–water partition coefficient (Wildman–Crippen LogP) is 5.20. The first-order chi connectivity index (χ1) is 11.6. The molecule has 1 fully saturated rings. The van der Waals surface area contributed by atoms with Crippen molar-refractivity contribution < 1.29 is 9.53 Å². The lowest BCUT2D eigenvalue weighted by Gasteiger charge is -2.35. The fourth-order valence-corrected chi connectivity index (χ4v) is 3.51. The molecule has 1 N–H and O–H groups in total. The molecule has 0 bridgehead atoms. The van der Waals surface area contributed by atoms with Gasteiger partial charge in [-0.2, -0.15) is 0 Å². The number of rotatable bonds is 2. The number of cyclic esters (lactones) is 1. The number of amides is 1. The maximum absolute atomic E-state index is 12.0. The van der Waals surface area contributed by atoms with Crippen LogP contribution in [-0.2, 0) is 10.3 Å². The zero-order chi connectivity index (χ0) is 16.7. The molecule has 2 aromatic carbocycles. The van der Waals surface area contributed by atoms with Crippen molar-refractivity contribution in [3.05, 3.63) is 53.1 Å². The number of carbonyl (C=O) groups excluding carboxylic acids is 1. The normalized spacial score (nSPS) is 21.8. The van der Waals surface area contributed by atoms with Crippen LogP contribution in [0.5, 0.6) is 0 Å². The smallest absolute Gasteiger partial charge is 0.413 e. The summed E-state index contributed by atoms with van der Waals surface area (Å²) >= 11 is 6.12. The maximum atomic E-state index is 12.0. The molecule has 1 atom stereocenters. The van der Waals surface area contributed by atoms with Crippen LogP contribution in [0.4, 0.5) is 10.5 Å². The number of benzene rings is 2. The Labute approximate surface area is 146 Å². The summed E-state index contributed by atoms with van der Waals surface area (Å²) in [5, 5.41) is 3.48. The number of halogens is 1. The number of nitrogens with one attached hydrogen (secondary N) is 1. The average molecular weight is 338 g/mol. The SMILES string of the molecule is CC#CC1(C2CC2)OC(=O)Nc2ccc(-c3cccc(Cl)c3)cc21. The van der Waals surface area contributed by atoms with Gasteiger partial charge in [0.1, 0.15) is 0 Å². The van der Waals surface area contributed by atoms with E-state index in [0.717, 1.165) is 35.2 Å². The highest BCUT2D eigenvalue weighted by Crippen LogP contribution is 2.52. The van der Waals surface area contributed by atoms with Gasteiger partial charge in [0.2, 0.25) is 5.60 Å². The van der Waals surface area contributed by atoms with Gasteiger partial charge in [-0.3, -0.25) is 5.32 Å². The summed E-state index contributed by atoms with van der Waals surface area (Å²) in [5.74, 6) is 6.38. The Hall–Kier alpha value is -2.44. The fourth-order valence-electron chi connectivity index (χ4n) is 3.32. The minimum atomic E-state index is -0.846. The van der Waals surface area contributed by atoms with Gasteiger partial charge >= 0.3 is 6.09 Å². The zero-order valence-corrected chi connectivity index (χ0v) is 14.0. The summed E-state index contributed by atoms with van der Waals surface area (Å²) in [6.45, 7) is 1.78. The molecule has 0 aromatic heterocycles. The molecule has 2 aromatic rings. The molecule has 4 heteroatoms. The number of anilines is 1. The number of ether oxygens (including phenoxy) is 1. The van der Waals surface area contributed by atoms with Crippen molar-refractivity contribution in [2.75, 3.05) is 5.32 Å². The van der Waals surface area contributed by atoms with Crippen LogP contribution in [0.25, 0.3) is 11.1 Å². The van der Waals surface area contributed by atoms with Crippen LogP contribution >= 0.6 is 11.6 Å². The lowest BCUT2D eigenvalue weighted by atomic mass is 9.85. The Bertz CT molecular complexity index is 892. The monoisotopic (exact) mass is 337 g/mol. The first-order valence-electron chi connectivity index (χ1n) is 7.97. The number of hydrogen-bond acceptors (Lipinski definition) is 2. The van der Waals surface area contributed by atoms with E-state index in [4.69, 9.17) is 16.3 Å². The van der Waals surface area contributed by atoms with E-state index in [0.29, 0.717) is 5.02 Å². The molecule has 0 spiro atoms. The van der Waals surface area contributed by atoms with Crippen LogP contribution in [0, 0.1) is 17.8 Å². The summed E-state index contributed by atoms with van der Waals surface area (Å²) in [4.78, 5) is 12.0. The Morgan fingerprint density at radius 2 is 2.00 bits per heavy atom. The molecule has 1 unspecified atom stereocenters. The molecule has 120 valence electrons. The zero-order valence-electron chi connectivity index (χ0n) is 13.2. The second-order valence-electron chi connectivity index (χ2n) is 6.17. The molecule has 0 radical (unpaired) electrons. The summed E-state index contributed by atoms with van der Waals surface area (Å²) in [5.41, 5.74) is 2.90. The molecule has 2 aliphatic rings. The van der Waals surface area contributed by atoms with E-state index in [2.05, 4.69) is 23.2 Å². The van der Waals surface area contributed by atoms with Crippen LogP contribution in [0.2, 0.25) is 5.02 Å². The third kappa shape index (κ3) is 2.44. The van der Waals surface area contributed by atoms with Crippen molar-refractivity contribution in [2.45, 2.75) is 25.4 Å². The van der Waals surface area contributed by atoms with E-state index in [-0.39, 0.29) is 5.92 Å². The van der Waals surface area contributed by atoms with Crippen molar-refractivity contribution in [1.29, 1.82) is 0 Å². The van der Waals surface area contributed by atoms with Crippen LogP contribution < -0.4 is 5.32 Å². The maximum Gasteiger partial charge on any atom is 0.413 e. The molecule has 1 saturated carbocycles. The minimum absolute atomic E-state index is 0.254. The van der Waals surface area contributed by atoms with E-state index in [9.17, 15) is 4.79 Å². The lowest BCUT2D eigenvalue weighted by molar-refractivity contribution is 0.0406. The summed E-state index contributed by atoms with van der Waals surface area (Å²) < 4.78 is 5.73. The van der Waals surface area contributed by atoms with Gasteiger partial charge in [0.05, 0.1) is 5.69 Å². The standard InChI is InChI=1S/C20H16ClNO2/c1-2-10-20(15-7-8-15)17-12-14(13-4-3-5-16(21)11-13)6-9-18(17)22-19(23)24-20/h3-6,9,11-12,15H,7-8H2,1H3,(H,22,23). The van der Waals surface area contributed by atoms with Gasteiger partial charge in [-0.15, -0.1) is 5.92 Å². The van der Waals surface area contributed by atoms with Gasteiger partial charge in [0, 0.05) is 16.5 Å². The summed E-state index contributed by atoms with van der Waals surface area (Å²) in [6, 6.07) is 13.7. The molecule has 1 heterocycles. The first-order valence-corrected chi connectivity index (χ1v) is 8.34. The Morgan fingerprint density at radius 3 is 2.71 bits per heavy atom. The van der Waals surface area contributed by atoms with Crippen molar-refractivity contribution in [1.82, 2.24) is 0 Å². The molecular formula is C20H16ClNO2. The number of hydrogen-bond donors (Lipinski definition) is 1.